The van der Waals surface area contributed by atoms with Crippen LogP contribution < -0.4 is 10.1 Å². The van der Waals surface area contributed by atoms with Crippen molar-refractivity contribution in [1.82, 2.24) is 4.31 Å². The van der Waals surface area contributed by atoms with Crippen molar-refractivity contribution in [2.24, 2.45) is 0 Å². The number of anilines is 1. The molecule has 1 amide bonds. The van der Waals surface area contributed by atoms with E-state index in [1.54, 1.807) is 60.7 Å². The molecule has 1 heterocycles. The molecule has 0 saturated carbocycles. The maximum Gasteiger partial charge on any atom is 0.344 e. The summed E-state index contributed by atoms with van der Waals surface area (Å²) in [5.41, 5.74) is 1.06. The Kier molecular flexibility index (Phi) is 6.86. The molecule has 4 rings (SSSR count). The van der Waals surface area contributed by atoms with Gasteiger partial charge in [0.25, 0.3) is 5.91 Å². The molecule has 0 spiro atoms. The van der Waals surface area contributed by atoms with Gasteiger partial charge in [0.1, 0.15) is 5.75 Å². The smallest absolute Gasteiger partial charge is 0.344 e. The van der Waals surface area contributed by atoms with Crippen molar-refractivity contribution in [3.8, 4) is 5.75 Å². The van der Waals surface area contributed by atoms with Gasteiger partial charge in [-0.1, -0.05) is 36.8 Å². The molecule has 0 aliphatic carbocycles. The molecule has 170 valence electrons. The van der Waals surface area contributed by atoms with Gasteiger partial charge in [0, 0.05) is 24.3 Å². The van der Waals surface area contributed by atoms with Gasteiger partial charge in [0.2, 0.25) is 10.0 Å². The number of nitrogens with one attached hydrogen (secondary N) is 1. The van der Waals surface area contributed by atoms with E-state index in [1.807, 2.05) is 6.07 Å². The summed E-state index contributed by atoms with van der Waals surface area (Å²) in [6.45, 7) is 0.893. The Bertz CT molecular complexity index is 1240. The SMILES string of the molecule is O=C(Nc1ccc(OC(=O)c2ccccc2S(=O)(=O)N2CCCCC2)cc1)c1ccccc1. The minimum absolute atomic E-state index is 0.00969. The maximum absolute atomic E-state index is 13.1. The standard InChI is InChI=1S/C25H24N2O5S/c28-24(19-9-3-1-4-10-19)26-20-13-15-21(16-14-20)32-25(29)22-11-5-6-12-23(22)33(30,31)27-17-7-2-8-18-27/h1,3-6,9-16H,2,7-8,17-18H2,(H,26,28). The highest BCUT2D eigenvalue weighted by molar-refractivity contribution is 7.89. The van der Waals surface area contributed by atoms with Gasteiger partial charge >= 0.3 is 5.97 Å². The molecule has 0 radical (unpaired) electrons. The van der Waals surface area contributed by atoms with Crippen LogP contribution in [-0.4, -0.2) is 37.7 Å². The molecule has 0 unspecified atom stereocenters. The van der Waals surface area contributed by atoms with Crippen LogP contribution in [0.25, 0.3) is 0 Å². The molecule has 3 aromatic carbocycles. The summed E-state index contributed by atoms with van der Waals surface area (Å²) in [7, 11) is -3.79. The van der Waals surface area contributed by atoms with Gasteiger partial charge < -0.3 is 10.1 Å². The lowest BCUT2D eigenvalue weighted by Gasteiger charge is -2.26. The molecule has 1 aliphatic heterocycles. The Labute approximate surface area is 193 Å². The molecule has 33 heavy (non-hydrogen) atoms. The van der Waals surface area contributed by atoms with Crippen LogP contribution in [0, 0.1) is 0 Å². The molecule has 1 fully saturated rings. The number of nitrogens with zero attached hydrogens (tertiary/aromatic N) is 1. The first-order valence-corrected chi connectivity index (χ1v) is 12.2. The largest absolute Gasteiger partial charge is 0.423 e. The number of sulfonamides is 1. The minimum atomic E-state index is -3.79. The van der Waals surface area contributed by atoms with E-state index in [-0.39, 0.29) is 22.1 Å². The van der Waals surface area contributed by atoms with Crippen LogP contribution in [-0.2, 0) is 10.0 Å². The third-order valence-electron chi connectivity index (χ3n) is 5.40. The number of piperidine rings is 1. The number of hydrogen-bond acceptors (Lipinski definition) is 5. The first-order valence-electron chi connectivity index (χ1n) is 10.7. The summed E-state index contributed by atoms with van der Waals surface area (Å²) in [6, 6.07) is 21.2. The number of esters is 1. The fourth-order valence-corrected chi connectivity index (χ4v) is 5.36. The summed E-state index contributed by atoms with van der Waals surface area (Å²) in [4.78, 5) is 25.1. The lowest BCUT2D eigenvalue weighted by Crippen LogP contribution is -2.36. The monoisotopic (exact) mass is 464 g/mol. The highest BCUT2D eigenvalue weighted by Crippen LogP contribution is 2.25. The number of ether oxygens (including phenoxy) is 1. The van der Waals surface area contributed by atoms with Crippen molar-refractivity contribution in [1.29, 1.82) is 0 Å². The van der Waals surface area contributed by atoms with Crippen molar-refractivity contribution in [2.45, 2.75) is 24.2 Å². The van der Waals surface area contributed by atoms with Gasteiger partial charge in [0.15, 0.2) is 0 Å². The van der Waals surface area contributed by atoms with E-state index < -0.39 is 16.0 Å². The predicted octanol–water partition coefficient (Wildman–Crippen LogP) is 4.33. The number of rotatable bonds is 6. The number of carbonyl (C=O) groups is 2. The van der Waals surface area contributed by atoms with Gasteiger partial charge in [0.05, 0.1) is 10.5 Å². The topological polar surface area (TPSA) is 92.8 Å². The van der Waals surface area contributed by atoms with E-state index >= 15 is 0 Å². The zero-order valence-electron chi connectivity index (χ0n) is 17.9. The van der Waals surface area contributed by atoms with Gasteiger partial charge in [-0.25, -0.2) is 13.2 Å². The van der Waals surface area contributed by atoms with Crippen LogP contribution in [0.5, 0.6) is 5.75 Å². The fraction of sp³-hybridized carbons (Fsp3) is 0.200. The molecule has 7 nitrogen and oxygen atoms in total. The third kappa shape index (κ3) is 5.30. The molecule has 8 heteroatoms. The fourth-order valence-electron chi connectivity index (χ4n) is 3.67. The molecule has 3 aromatic rings. The van der Waals surface area contributed by atoms with Crippen LogP contribution in [0.15, 0.2) is 83.8 Å². The second-order valence-electron chi connectivity index (χ2n) is 7.69. The molecule has 1 saturated heterocycles. The summed E-state index contributed by atoms with van der Waals surface area (Å²) in [5, 5.41) is 2.77. The lowest BCUT2D eigenvalue weighted by atomic mass is 10.2. The Balaban J connectivity index is 1.47. The summed E-state index contributed by atoms with van der Waals surface area (Å²) in [6.07, 6.45) is 2.61. The first kappa shape index (κ1) is 22.7. The second kappa shape index (κ2) is 9.97. The van der Waals surface area contributed by atoms with Gasteiger partial charge in [-0.3, -0.25) is 4.79 Å². The summed E-state index contributed by atoms with van der Waals surface area (Å²) < 4.78 is 33.1. The maximum atomic E-state index is 13.1. The van der Waals surface area contributed by atoms with Crippen molar-refractivity contribution in [2.75, 3.05) is 18.4 Å². The highest BCUT2D eigenvalue weighted by atomic mass is 32.2. The molecule has 0 aromatic heterocycles. The molecule has 0 atom stereocenters. The van der Waals surface area contributed by atoms with Crippen molar-refractivity contribution >= 4 is 27.6 Å². The molecular formula is C25H24N2O5S. The number of carbonyl (C=O) groups excluding carboxylic acids is 2. The van der Waals surface area contributed by atoms with Crippen LogP contribution >= 0.6 is 0 Å². The molecule has 1 N–H and O–H groups in total. The Morgan fingerprint density at radius 3 is 2.12 bits per heavy atom. The zero-order chi connectivity index (χ0) is 23.3. The number of benzene rings is 3. The molecular weight excluding hydrogens is 440 g/mol. The van der Waals surface area contributed by atoms with Crippen molar-refractivity contribution < 1.29 is 22.7 Å². The second-order valence-corrected chi connectivity index (χ2v) is 9.60. The highest BCUT2D eigenvalue weighted by Gasteiger charge is 2.30. The average Bonchev–Trinajstić information content (AvgIpc) is 2.86. The van der Waals surface area contributed by atoms with Crippen LogP contribution in [0.2, 0.25) is 0 Å². The predicted molar refractivity (Wildman–Crippen MR) is 125 cm³/mol. The van der Waals surface area contributed by atoms with Gasteiger partial charge in [-0.05, 0) is 61.4 Å². The van der Waals surface area contributed by atoms with Crippen LogP contribution in [0.3, 0.4) is 0 Å². The molecule has 0 bridgehead atoms. The minimum Gasteiger partial charge on any atom is -0.423 e. The van der Waals surface area contributed by atoms with E-state index in [0.29, 0.717) is 24.3 Å². The lowest BCUT2D eigenvalue weighted by molar-refractivity contribution is 0.0730. The van der Waals surface area contributed by atoms with Gasteiger partial charge in [-0.15, -0.1) is 0 Å². The van der Waals surface area contributed by atoms with Gasteiger partial charge in [-0.2, -0.15) is 4.31 Å². The quantitative estimate of drug-likeness (QED) is 0.433. The van der Waals surface area contributed by atoms with E-state index in [0.717, 1.165) is 19.3 Å². The number of amides is 1. The van der Waals surface area contributed by atoms with Crippen molar-refractivity contribution in [3.05, 3.63) is 90.0 Å². The normalized spacial score (nSPS) is 14.4. The van der Waals surface area contributed by atoms with E-state index in [4.69, 9.17) is 4.74 Å². The van der Waals surface area contributed by atoms with Crippen LogP contribution in [0.1, 0.15) is 40.0 Å². The third-order valence-corrected chi connectivity index (χ3v) is 7.36. The Morgan fingerprint density at radius 2 is 1.42 bits per heavy atom. The van der Waals surface area contributed by atoms with Crippen LogP contribution in [0.4, 0.5) is 5.69 Å². The Morgan fingerprint density at radius 1 is 0.788 bits per heavy atom. The Hall–Kier alpha value is -3.49. The van der Waals surface area contributed by atoms with E-state index in [1.165, 1.54) is 16.4 Å². The number of hydrogen-bond donors (Lipinski definition) is 1. The van der Waals surface area contributed by atoms with E-state index in [9.17, 15) is 18.0 Å². The zero-order valence-corrected chi connectivity index (χ0v) is 18.8. The summed E-state index contributed by atoms with van der Waals surface area (Å²) in [5.74, 6) is -0.771. The van der Waals surface area contributed by atoms with Crippen molar-refractivity contribution in [3.63, 3.8) is 0 Å². The van der Waals surface area contributed by atoms with E-state index in [2.05, 4.69) is 5.32 Å². The summed E-state index contributed by atoms with van der Waals surface area (Å²) >= 11 is 0. The molecule has 1 aliphatic rings. The first-order chi connectivity index (χ1) is 15.9. The average molecular weight is 465 g/mol.